The van der Waals surface area contributed by atoms with Gasteiger partial charge in [-0.25, -0.2) is 0 Å². The number of amides is 1. The molecule has 1 atom stereocenters. The van der Waals surface area contributed by atoms with Gasteiger partial charge in [0, 0.05) is 16.4 Å². The standard InChI is InChI=1S/C19H14BrNO3S/c1-21-16(10-3-6-12(25-2)7-4-10)15-17(22)13-9-11(20)5-8-14(13)24-18(15)19(21)23/h3-9,16H,1-2H3. The quantitative estimate of drug-likeness (QED) is 0.580. The molecule has 1 unspecified atom stereocenters. The average Bonchev–Trinajstić information content (AvgIpc) is 2.88. The van der Waals surface area contributed by atoms with Gasteiger partial charge in [0.2, 0.25) is 5.76 Å². The number of hydrogen-bond acceptors (Lipinski definition) is 4. The summed E-state index contributed by atoms with van der Waals surface area (Å²) in [6.45, 7) is 0. The highest BCUT2D eigenvalue weighted by Gasteiger charge is 2.40. The van der Waals surface area contributed by atoms with Gasteiger partial charge in [-0.1, -0.05) is 28.1 Å². The Morgan fingerprint density at radius 1 is 1.12 bits per heavy atom. The van der Waals surface area contributed by atoms with Crippen LogP contribution in [-0.2, 0) is 0 Å². The maximum atomic E-state index is 13.1. The van der Waals surface area contributed by atoms with E-state index in [9.17, 15) is 9.59 Å². The molecule has 0 spiro atoms. The predicted octanol–water partition coefficient (Wildman–Crippen LogP) is 4.45. The van der Waals surface area contributed by atoms with Gasteiger partial charge < -0.3 is 9.32 Å². The van der Waals surface area contributed by atoms with Crippen LogP contribution >= 0.6 is 27.7 Å². The Morgan fingerprint density at radius 3 is 2.52 bits per heavy atom. The summed E-state index contributed by atoms with van der Waals surface area (Å²) in [7, 11) is 1.70. The molecule has 0 aliphatic carbocycles. The number of thioether (sulfide) groups is 1. The van der Waals surface area contributed by atoms with Gasteiger partial charge in [0.25, 0.3) is 5.91 Å². The summed E-state index contributed by atoms with van der Waals surface area (Å²) < 4.78 is 6.60. The SMILES string of the molecule is CSc1ccc(C2c3c(oc4ccc(Br)cc4c3=O)C(=O)N2C)cc1. The van der Waals surface area contributed by atoms with Gasteiger partial charge in [0.05, 0.1) is 17.0 Å². The van der Waals surface area contributed by atoms with Gasteiger partial charge in [0.1, 0.15) is 5.58 Å². The minimum Gasteiger partial charge on any atom is -0.450 e. The van der Waals surface area contributed by atoms with Gasteiger partial charge in [-0.3, -0.25) is 9.59 Å². The van der Waals surface area contributed by atoms with E-state index < -0.39 is 6.04 Å². The minimum absolute atomic E-state index is 0.140. The lowest BCUT2D eigenvalue weighted by atomic mass is 9.99. The normalized spacial score (nSPS) is 16.5. The maximum absolute atomic E-state index is 13.1. The molecule has 0 saturated carbocycles. The van der Waals surface area contributed by atoms with E-state index in [4.69, 9.17) is 4.42 Å². The van der Waals surface area contributed by atoms with Crippen molar-refractivity contribution in [2.75, 3.05) is 13.3 Å². The van der Waals surface area contributed by atoms with Gasteiger partial charge in [-0.05, 0) is 42.2 Å². The summed E-state index contributed by atoms with van der Waals surface area (Å²) in [5, 5.41) is 0.474. The third kappa shape index (κ3) is 2.51. The van der Waals surface area contributed by atoms with Gasteiger partial charge in [-0.2, -0.15) is 0 Å². The second kappa shape index (κ2) is 6.04. The molecule has 3 aromatic rings. The van der Waals surface area contributed by atoms with Gasteiger partial charge in [0.15, 0.2) is 5.43 Å². The van der Waals surface area contributed by atoms with Crippen LogP contribution in [0.1, 0.15) is 27.7 Å². The molecular weight excluding hydrogens is 402 g/mol. The zero-order valence-corrected chi connectivity index (χ0v) is 16.0. The van der Waals surface area contributed by atoms with Crippen molar-refractivity contribution in [2.45, 2.75) is 10.9 Å². The van der Waals surface area contributed by atoms with Gasteiger partial charge in [-0.15, -0.1) is 11.8 Å². The van der Waals surface area contributed by atoms with Crippen LogP contribution in [0.5, 0.6) is 0 Å². The van der Waals surface area contributed by atoms with E-state index in [1.807, 2.05) is 30.5 Å². The Hall–Kier alpha value is -2.05. The second-order valence-electron chi connectivity index (χ2n) is 5.91. The van der Waals surface area contributed by atoms with Crippen molar-refractivity contribution < 1.29 is 9.21 Å². The van der Waals surface area contributed by atoms with E-state index in [1.165, 1.54) is 0 Å². The van der Waals surface area contributed by atoms with E-state index in [0.29, 0.717) is 16.5 Å². The van der Waals surface area contributed by atoms with Crippen LogP contribution in [0.15, 0.2) is 61.0 Å². The van der Waals surface area contributed by atoms with Crippen molar-refractivity contribution in [1.82, 2.24) is 4.90 Å². The molecule has 1 aliphatic rings. The zero-order chi connectivity index (χ0) is 17.7. The third-order valence-electron chi connectivity index (χ3n) is 4.49. The largest absolute Gasteiger partial charge is 0.450 e. The summed E-state index contributed by atoms with van der Waals surface area (Å²) in [6, 6.07) is 12.7. The molecule has 0 N–H and O–H groups in total. The molecule has 0 saturated heterocycles. The number of rotatable bonds is 2. The summed E-state index contributed by atoms with van der Waals surface area (Å²) in [5.74, 6) is -0.128. The molecular formula is C19H14BrNO3S. The summed E-state index contributed by atoms with van der Waals surface area (Å²) in [6.07, 6.45) is 2.01. The lowest BCUT2D eigenvalue weighted by molar-refractivity contribution is 0.0771. The first-order valence-electron chi connectivity index (χ1n) is 7.68. The summed E-state index contributed by atoms with van der Waals surface area (Å²) >= 11 is 5.03. The molecule has 1 aromatic heterocycles. The van der Waals surface area contributed by atoms with Crippen LogP contribution in [0.25, 0.3) is 11.0 Å². The van der Waals surface area contributed by atoms with Crippen LogP contribution < -0.4 is 5.43 Å². The smallest absolute Gasteiger partial charge is 0.290 e. The fourth-order valence-electron chi connectivity index (χ4n) is 3.24. The van der Waals surface area contributed by atoms with E-state index in [1.54, 1.807) is 41.9 Å². The number of benzene rings is 2. The number of halogens is 1. The number of carbonyl (C=O) groups is 1. The lowest BCUT2D eigenvalue weighted by Gasteiger charge is -2.20. The van der Waals surface area contributed by atoms with E-state index in [2.05, 4.69) is 15.9 Å². The highest BCUT2D eigenvalue weighted by Crippen LogP contribution is 2.37. The number of carbonyl (C=O) groups excluding carboxylic acids is 1. The van der Waals surface area contributed by atoms with Crippen molar-refractivity contribution in [3.63, 3.8) is 0 Å². The fourth-order valence-corrected chi connectivity index (χ4v) is 4.01. The van der Waals surface area contributed by atoms with Crippen LogP contribution in [0.2, 0.25) is 0 Å². The van der Waals surface area contributed by atoms with Crippen LogP contribution in [0, 0.1) is 0 Å². The van der Waals surface area contributed by atoms with E-state index in [-0.39, 0.29) is 17.1 Å². The molecule has 25 heavy (non-hydrogen) atoms. The first-order chi connectivity index (χ1) is 12.0. The van der Waals surface area contributed by atoms with Crippen LogP contribution in [0.3, 0.4) is 0 Å². The molecule has 4 nitrogen and oxygen atoms in total. The van der Waals surface area contributed by atoms with Crippen molar-refractivity contribution >= 4 is 44.6 Å². The molecule has 0 bridgehead atoms. The number of fused-ring (bicyclic) bond motifs is 2. The average molecular weight is 416 g/mol. The van der Waals surface area contributed by atoms with Crippen LogP contribution in [0.4, 0.5) is 0 Å². The third-order valence-corrected chi connectivity index (χ3v) is 5.73. The molecule has 2 heterocycles. The molecule has 4 rings (SSSR count). The van der Waals surface area contributed by atoms with Crippen LogP contribution in [-0.4, -0.2) is 24.1 Å². The molecule has 1 amide bonds. The number of nitrogens with zero attached hydrogens (tertiary/aromatic N) is 1. The minimum atomic E-state index is -0.432. The highest BCUT2D eigenvalue weighted by atomic mass is 79.9. The number of hydrogen-bond donors (Lipinski definition) is 0. The predicted molar refractivity (Wildman–Crippen MR) is 102 cm³/mol. The Labute approximate surface area is 157 Å². The Bertz CT molecular complexity index is 1060. The Balaban J connectivity index is 1.98. The van der Waals surface area contributed by atoms with E-state index >= 15 is 0 Å². The van der Waals surface area contributed by atoms with Crippen molar-refractivity contribution in [2.24, 2.45) is 0 Å². The van der Waals surface area contributed by atoms with Crippen molar-refractivity contribution in [1.29, 1.82) is 0 Å². The summed E-state index contributed by atoms with van der Waals surface area (Å²) in [4.78, 5) is 28.4. The second-order valence-corrected chi connectivity index (χ2v) is 7.70. The highest BCUT2D eigenvalue weighted by molar-refractivity contribution is 9.10. The van der Waals surface area contributed by atoms with Crippen molar-refractivity contribution in [3.05, 3.63) is 74.0 Å². The Kier molecular flexibility index (Phi) is 3.96. The lowest BCUT2D eigenvalue weighted by Crippen LogP contribution is -2.25. The first kappa shape index (κ1) is 16.4. The van der Waals surface area contributed by atoms with Crippen molar-refractivity contribution in [3.8, 4) is 0 Å². The first-order valence-corrected chi connectivity index (χ1v) is 9.70. The Morgan fingerprint density at radius 2 is 1.84 bits per heavy atom. The maximum Gasteiger partial charge on any atom is 0.290 e. The zero-order valence-electron chi connectivity index (χ0n) is 13.6. The topological polar surface area (TPSA) is 50.5 Å². The van der Waals surface area contributed by atoms with E-state index in [0.717, 1.165) is 14.9 Å². The molecule has 0 radical (unpaired) electrons. The fraction of sp³-hybridized carbons (Fsp3) is 0.158. The summed E-state index contributed by atoms with van der Waals surface area (Å²) in [5.41, 5.74) is 1.57. The molecule has 126 valence electrons. The molecule has 2 aromatic carbocycles. The molecule has 1 aliphatic heterocycles. The molecule has 6 heteroatoms. The monoisotopic (exact) mass is 415 g/mol. The molecule has 0 fully saturated rings. The van der Waals surface area contributed by atoms with Gasteiger partial charge >= 0.3 is 0 Å².